The van der Waals surface area contributed by atoms with Crippen molar-refractivity contribution in [2.75, 3.05) is 5.43 Å². The molecule has 0 atom stereocenters. The molecule has 2 rings (SSSR count). The molecule has 0 saturated carbocycles. The number of nitrogens with zero attached hydrogens (tertiary/aromatic N) is 4. The highest BCUT2D eigenvalue weighted by Gasteiger charge is 2.08. The summed E-state index contributed by atoms with van der Waals surface area (Å²) in [6.07, 6.45) is 4.63. The molecule has 21 heavy (non-hydrogen) atoms. The van der Waals surface area contributed by atoms with Gasteiger partial charge in [0.1, 0.15) is 0 Å². The zero-order valence-corrected chi connectivity index (χ0v) is 11.4. The van der Waals surface area contributed by atoms with Gasteiger partial charge in [0.2, 0.25) is 0 Å². The van der Waals surface area contributed by atoms with E-state index in [-0.39, 0.29) is 5.69 Å². The summed E-state index contributed by atoms with van der Waals surface area (Å²) in [5, 5.41) is 22.4. The summed E-state index contributed by atoms with van der Waals surface area (Å²) in [5.41, 5.74) is 3.19. The van der Waals surface area contributed by atoms with E-state index < -0.39 is 4.92 Å². The lowest BCUT2D eigenvalue weighted by Crippen LogP contribution is -1.93. The lowest BCUT2D eigenvalue weighted by atomic mass is 10.2. The number of halogens is 1. The number of hydrogen-bond donors (Lipinski definition) is 1. The first-order valence-electron chi connectivity index (χ1n) is 5.85. The molecule has 0 unspecified atom stereocenters. The summed E-state index contributed by atoms with van der Waals surface area (Å²) in [7, 11) is 0. The van der Waals surface area contributed by atoms with E-state index in [0.29, 0.717) is 16.5 Å². The zero-order valence-electron chi connectivity index (χ0n) is 10.7. The molecule has 0 aliphatic carbocycles. The number of rotatable bonds is 5. The standard InChI is InChI=1S/C13H10ClN5O2/c14-12-7-8-13(18-16-12)17-15-9-3-5-10-4-1-2-6-11(10)19(20)21/h1-9H,(H,17,18)/b5-3+,15-9+. The van der Waals surface area contributed by atoms with Crippen molar-refractivity contribution in [3.05, 3.63) is 63.3 Å². The Morgan fingerprint density at radius 3 is 2.76 bits per heavy atom. The molecule has 7 nitrogen and oxygen atoms in total. The molecule has 0 fully saturated rings. The lowest BCUT2D eigenvalue weighted by Gasteiger charge is -1.96. The third-order valence-electron chi connectivity index (χ3n) is 2.38. The average molecular weight is 304 g/mol. The molecule has 0 bridgehead atoms. The van der Waals surface area contributed by atoms with Crippen LogP contribution in [0.2, 0.25) is 5.15 Å². The second kappa shape index (κ2) is 7.11. The quantitative estimate of drug-likeness (QED) is 0.520. The molecular formula is C13H10ClN5O2. The maximum atomic E-state index is 10.8. The van der Waals surface area contributed by atoms with Crippen LogP contribution in [0.25, 0.3) is 6.08 Å². The van der Waals surface area contributed by atoms with Crippen molar-refractivity contribution in [1.29, 1.82) is 0 Å². The monoisotopic (exact) mass is 303 g/mol. The Kier molecular flexibility index (Phi) is 4.94. The number of hydrazone groups is 1. The van der Waals surface area contributed by atoms with Crippen LogP contribution in [0.15, 0.2) is 47.6 Å². The van der Waals surface area contributed by atoms with Gasteiger partial charge in [-0.25, -0.2) is 0 Å². The Balaban J connectivity index is 1.98. The molecule has 0 spiro atoms. The fourth-order valence-electron chi connectivity index (χ4n) is 1.46. The Bertz CT molecular complexity index is 685. The van der Waals surface area contributed by atoms with Gasteiger partial charge in [-0.05, 0) is 30.4 Å². The number of anilines is 1. The molecule has 8 heteroatoms. The Morgan fingerprint density at radius 1 is 1.24 bits per heavy atom. The first kappa shape index (κ1) is 14.6. The number of nitro benzene ring substituents is 1. The number of hydrogen-bond acceptors (Lipinski definition) is 6. The van der Waals surface area contributed by atoms with Crippen LogP contribution in [0.5, 0.6) is 0 Å². The molecule has 106 valence electrons. The van der Waals surface area contributed by atoms with Crippen LogP contribution in [0.3, 0.4) is 0 Å². The van der Waals surface area contributed by atoms with Gasteiger partial charge in [0.25, 0.3) is 5.69 Å². The van der Waals surface area contributed by atoms with Crippen molar-refractivity contribution in [2.45, 2.75) is 0 Å². The number of aromatic nitrogens is 2. The van der Waals surface area contributed by atoms with Crippen molar-refractivity contribution in [2.24, 2.45) is 5.10 Å². The normalized spacial score (nSPS) is 11.1. The summed E-state index contributed by atoms with van der Waals surface area (Å²) in [6, 6.07) is 9.64. The van der Waals surface area contributed by atoms with E-state index in [1.54, 1.807) is 42.5 Å². The highest BCUT2D eigenvalue weighted by Crippen LogP contribution is 2.18. The molecule has 0 amide bonds. The van der Waals surface area contributed by atoms with Crippen molar-refractivity contribution in [3.63, 3.8) is 0 Å². The zero-order chi connectivity index (χ0) is 15.1. The number of nitro groups is 1. The predicted octanol–water partition coefficient (Wildman–Crippen LogP) is 3.15. The van der Waals surface area contributed by atoms with Gasteiger partial charge in [0.05, 0.1) is 10.5 Å². The summed E-state index contributed by atoms with van der Waals surface area (Å²) in [5.74, 6) is 0.440. The van der Waals surface area contributed by atoms with E-state index in [9.17, 15) is 10.1 Å². The van der Waals surface area contributed by atoms with Crippen molar-refractivity contribution < 1.29 is 4.92 Å². The van der Waals surface area contributed by atoms with Crippen LogP contribution in [-0.4, -0.2) is 21.3 Å². The third kappa shape index (κ3) is 4.36. The highest BCUT2D eigenvalue weighted by molar-refractivity contribution is 6.29. The topological polar surface area (TPSA) is 93.3 Å². The van der Waals surface area contributed by atoms with E-state index >= 15 is 0 Å². The second-order valence-corrected chi connectivity index (χ2v) is 4.19. The smallest absolute Gasteiger partial charge is 0.260 e. The van der Waals surface area contributed by atoms with Crippen molar-refractivity contribution in [3.8, 4) is 0 Å². The van der Waals surface area contributed by atoms with Crippen LogP contribution in [-0.2, 0) is 0 Å². The van der Waals surface area contributed by atoms with Gasteiger partial charge in [0, 0.05) is 12.3 Å². The minimum absolute atomic E-state index is 0.0404. The van der Waals surface area contributed by atoms with Gasteiger partial charge in [-0.3, -0.25) is 15.5 Å². The van der Waals surface area contributed by atoms with Crippen LogP contribution < -0.4 is 5.43 Å². The summed E-state index contributed by atoms with van der Waals surface area (Å²) >= 11 is 5.60. The minimum atomic E-state index is -0.432. The number of allylic oxidation sites excluding steroid dienone is 1. The van der Waals surface area contributed by atoms with Crippen molar-refractivity contribution in [1.82, 2.24) is 10.2 Å². The van der Waals surface area contributed by atoms with Crippen LogP contribution in [0, 0.1) is 10.1 Å². The SMILES string of the molecule is O=[N+]([O-])c1ccccc1/C=C/C=N/Nc1ccc(Cl)nn1. The largest absolute Gasteiger partial charge is 0.276 e. The van der Waals surface area contributed by atoms with Gasteiger partial charge in [-0.1, -0.05) is 23.7 Å². The summed E-state index contributed by atoms with van der Waals surface area (Å²) in [4.78, 5) is 10.4. The minimum Gasteiger partial charge on any atom is -0.260 e. The molecule has 1 aromatic carbocycles. The fraction of sp³-hybridized carbons (Fsp3) is 0. The molecule has 0 saturated heterocycles. The molecule has 1 aromatic heterocycles. The maximum absolute atomic E-state index is 10.8. The maximum Gasteiger partial charge on any atom is 0.276 e. The Hall–Kier alpha value is -2.80. The van der Waals surface area contributed by atoms with Gasteiger partial charge < -0.3 is 0 Å². The Labute approximate surface area is 125 Å². The average Bonchev–Trinajstić information content (AvgIpc) is 2.49. The van der Waals surface area contributed by atoms with Crippen LogP contribution >= 0.6 is 11.6 Å². The van der Waals surface area contributed by atoms with E-state index in [4.69, 9.17) is 11.6 Å². The van der Waals surface area contributed by atoms with Crippen molar-refractivity contribution >= 4 is 35.4 Å². The third-order valence-corrected chi connectivity index (χ3v) is 2.58. The highest BCUT2D eigenvalue weighted by atomic mass is 35.5. The number of nitrogens with one attached hydrogen (secondary N) is 1. The molecule has 0 aliphatic rings. The van der Waals surface area contributed by atoms with Gasteiger partial charge in [0.15, 0.2) is 11.0 Å². The van der Waals surface area contributed by atoms with E-state index in [2.05, 4.69) is 20.7 Å². The van der Waals surface area contributed by atoms with Gasteiger partial charge in [-0.15, -0.1) is 10.2 Å². The summed E-state index contributed by atoms with van der Waals surface area (Å²) in [6.45, 7) is 0. The van der Waals surface area contributed by atoms with E-state index in [1.807, 2.05) is 0 Å². The first-order chi connectivity index (χ1) is 10.2. The molecular weight excluding hydrogens is 294 g/mol. The lowest BCUT2D eigenvalue weighted by molar-refractivity contribution is -0.385. The fourth-order valence-corrected chi connectivity index (χ4v) is 1.56. The summed E-state index contributed by atoms with van der Waals surface area (Å²) < 4.78 is 0. The Morgan fingerprint density at radius 2 is 2.05 bits per heavy atom. The van der Waals surface area contributed by atoms with Crippen LogP contribution in [0.4, 0.5) is 11.5 Å². The molecule has 0 aliphatic heterocycles. The van der Waals surface area contributed by atoms with E-state index in [1.165, 1.54) is 12.3 Å². The van der Waals surface area contributed by atoms with Crippen LogP contribution in [0.1, 0.15) is 5.56 Å². The molecule has 1 heterocycles. The predicted molar refractivity (Wildman–Crippen MR) is 81.3 cm³/mol. The second-order valence-electron chi connectivity index (χ2n) is 3.81. The van der Waals surface area contributed by atoms with Gasteiger partial charge in [-0.2, -0.15) is 5.10 Å². The molecule has 0 radical (unpaired) electrons. The molecule has 1 N–H and O–H groups in total. The van der Waals surface area contributed by atoms with Gasteiger partial charge >= 0.3 is 0 Å². The number of benzene rings is 1. The molecule has 2 aromatic rings. The number of para-hydroxylation sites is 1. The first-order valence-corrected chi connectivity index (χ1v) is 6.23. The van der Waals surface area contributed by atoms with E-state index in [0.717, 1.165) is 0 Å².